The van der Waals surface area contributed by atoms with Crippen molar-refractivity contribution in [3.05, 3.63) is 71.2 Å². The molecule has 3 aromatic carbocycles. The molecule has 1 saturated carbocycles. The fourth-order valence-electron chi connectivity index (χ4n) is 5.41. The van der Waals surface area contributed by atoms with Gasteiger partial charge in [-0.1, -0.05) is 60.5 Å². The Morgan fingerprint density at radius 2 is 1.86 bits per heavy atom. The van der Waals surface area contributed by atoms with E-state index in [0.717, 1.165) is 18.4 Å². The van der Waals surface area contributed by atoms with Gasteiger partial charge in [0, 0.05) is 11.4 Å². The third-order valence-electron chi connectivity index (χ3n) is 7.14. The lowest BCUT2D eigenvalue weighted by Gasteiger charge is -2.27. The molecule has 1 aliphatic heterocycles. The molecule has 1 saturated heterocycles. The highest BCUT2D eigenvalue weighted by atomic mass is 35.5. The van der Waals surface area contributed by atoms with E-state index in [1.165, 1.54) is 16.4 Å². The molecular formula is C26H26ClN3O6S. The summed E-state index contributed by atoms with van der Waals surface area (Å²) >= 11 is 6.54. The molecule has 37 heavy (non-hydrogen) atoms. The summed E-state index contributed by atoms with van der Waals surface area (Å²) in [4.78, 5) is 24.6. The number of nitrogens with zero attached hydrogens (tertiary/aromatic N) is 1. The number of anilines is 1. The first-order chi connectivity index (χ1) is 17.8. The molecule has 0 radical (unpaired) electrons. The SMILES string of the molecule is O=C(Nc1ccc2cc(S(=O)(=O)N3C(C(=O)NO)C[C@H]4CCC[C@H]43)ccc2c1Cl)OCc1ccccc1. The summed E-state index contributed by atoms with van der Waals surface area (Å²) < 4.78 is 33.9. The number of sulfonamides is 1. The Morgan fingerprint density at radius 1 is 1.08 bits per heavy atom. The molecule has 3 atom stereocenters. The summed E-state index contributed by atoms with van der Waals surface area (Å²) in [5, 5.41) is 13.2. The first-order valence-corrected chi connectivity index (χ1v) is 13.8. The molecular weight excluding hydrogens is 518 g/mol. The van der Waals surface area contributed by atoms with Crippen LogP contribution in [0.5, 0.6) is 0 Å². The number of nitrogens with one attached hydrogen (secondary N) is 2. The first-order valence-electron chi connectivity index (χ1n) is 12.0. The minimum atomic E-state index is -4.04. The van der Waals surface area contributed by atoms with Gasteiger partial charge in [-0.15, -0.1) is 0 Å². The summed E-state index contributed by atoms with van der Waals surface area (Å²) in [6.07, 6.45) is 2.13. The maximum atomic E-state index is 13.7. The van der Waals surface area contributed by atoms with Crippen molar-refractivity contribution < 1.29 is 28.0 Å². The average Bonchev–Trinajstić information content (AvgIpc) is 3.51. The van der Waals surface area contributed by atoms with Crippen molar-refractivity contribution in [3.8, 4) is 0 Å². The standard InChI is InChI=1S/C26H26ClN3O6S/c27-24-20-11-10-19(37(34,35)30-22-8-4-7-18(22)14-23(30)25(31)29-33)13-17(20)9-12-21(24)28-26(32)36-15-16-5-2-1-3-6-16/h1-3,5-6,9-13,18,22-23,33H,4,7-8,14-15H2,(H,28,32)(H,29,31)/t18-,22-,23?/m1/s1. The fraction of sp³-hybridized carbons (Fsp3) is 0.308. The highest BCUT2D eigenvalue weighted by molar-refractivity contribution is 7.89. The summed E-state index contributed by atoms with van der Waals surface area (Å²) in [7, 11) is -4.04. The predicted molar refractivity (Wildman–Crippen MR) is 138 cm³/mol. The van der Waals surface area contributed by atoms with Crippen LogP contribution >= 0.6 is 11.6 Å². The second-order valence-corrected chi connectivity index (χ2v) is 11.5. The summed E-state index contributed by atoms with van der Waals surface area (Å²) in [5.74, 6) is -0.640. The molecule has 2 fully saturated rings. The topological polar surface area (TPSA) is 125 Å². The lowest BCUT2D eigenvalue weighted by molar-refractivity contribution is -0.132. The molecule has 0 bridgehead atoms. The zero-order valence-corrected chi connectivity index (χ0v) is 21.3. The van der Waals surface area contributed by atoms with Gasteiger partial charge in [-0.25, -0.2) is 18.7 Å². The van der Waals surface area contributed by atoms with Crippen molar-refractivity contribution >= 4 is 50.1 Å². The van der Waals surface area contributed by atoms with Crippen molar-refractivity contribution in [1.29, 1.82) is 0 Å². The van der Waals surface area contributed by atoms with Crippen molar-refractivity contribution in [1.82, 2.24) is 9.79 Å². The van der Waals surface area contributed by atoms with Crippen LogP contribution in [0.3, 0.4) is 0 Å². The summed E-state index contributed by atoms with van der Waals surface area (Å²) in [6, 6.07) is 15.8. The first kappa shape index (κ1) is 25.5. The molecule has 3 aromatic rings. The number of hydroxylamine groups is 1. The molecule has 0 aromatic heterocycles. The lowest BCUT2D eigenvalue weighted by Crippen LogP contribution is -2.48. The van der Waals surface area contributed by atoms with Crippen molar-refractivity contribution in [2.45, 2.75) is 49.3 Å². The van der Waals surface area contributed by atoms with Gasteiger partial charge in [0.1, 0.15) is 12.6 Å². The molecule has 0 spiro atoms. The molecule has 2 aliphatic rings. The number of hydrogen-bond donors (Lipinski definition) is 3. The highest BCUT2D eigenvalue weighted by Gasteiger charge is 2.52. The van der Waals surface area contributed by atoms with Crippen LogP contribution in [-0.4, -0.2) is 42.0 Å². The third-order valence-corrected chi connectivity index (χ3v) is 9.48. The van der Waals surface area contributed by atoms with Crippen LogP contribution < -0.4 is 10.8 Å². The second kappa shape index (κ2) is 10.3. The lowest BCUT2D eigenvalue weighted by atomic mass is 10.0. The molecule has 3 N–H and O–H groups in total. The number of halogens is 1. The number of benzene rings is 3. The normalized spacial score (nSPS) is 21.5. The van der Waals surface area contributed by atoms with E-state index in [4.69, 9.17) is 16.3 Å². The van der Waals surface area contributed by atoms with E-state index in [1.54, 1.807) is 23.7 Å². The number of amides is 2. The van der Waals surface area contributed by atoms with E-state index in [2.05, 4.69) is 5.32 Å². The van der Waals surface area contributed by atoms with Crippen LogP contribution in [-0.2, 0) is 26.2 Å². The van der Waals surface area contributed by atoms with Gasteiger partial charge in [0.15, 0.2) is 0 Å². The van der Waals surface area contributed by atoms with Crippen LogP contribution in [0.25, 0.3) is 10.8 Å². The number of fused-ring (bicyclic) bond motifs is 2. The molecule has 1 unspecified atom stereocenters. The average molecular weight is 544 g/mol. The van der Waals surface area contributed by atoms with E-state index < -0.39 is 28.1 Å². The highest BCUT2D eigenvalue weighted by Crippen LogP contribution is 2.44. The minimum absolute atomic E-state index is 0.0299. The molecule has 9 nitrogen and oxygen atoms in total. The van der Waals surface area contributed by atoms with Crippen molar-refractivity contribution in [2.24, 2.45) is 5.92 Å². The monoisotopic (exact) mass is 543 g/mol. The van der Waals surface area contributed by atoms with E-state index in [9.17, 15) is 23.2 Å². The minimum Gasteiger partial charge on any atom is -0.444 e. The Bertz CT molecular complexity index is 1450. The molecule has 11 heteroatoms. The Kier molecular flexibility index (Phi) is 7.09. The second-order valence-electron chi connectivity index (χ2n) is 9.32. The number of hydrogen-bond acceptors (Lipinski definition) is 6. The summed E-state index contributed by atoms with van der Waals surface area (Å²) in [6.45, 7) is 0.104. The molecule has 1 aliphatic carbocycles. The van der Waals surface area contributed by atoms with Crippen LogP contribution in [0.2, 0.25) is 5.02 Å². The van der Waals surface area contributed by atoms with Gasteiger partial charge in [0.2, 0.25) is 10.0 Å². The number of ether oxygens (including phenoxy) is 1. The Morgan fingerprint density at radius 3 is 2.62 bits per heavy atom. The van der Waals surface area contributed by atoms with Gasteiger partial charge in [0.25, 0.3) is 5.91 Å². The van der Waals surface area contributed by atoms with Crippen LogP contribution in [0.15, 0.2) is 65.6 Å². The van der Waals surface area contributed by atoms with Gasteiger partial charge in [0.05, 0.1) is 15.6 Å². The van der Waals surface area contributed by atoms with Crippen LogP contribution in [0.1, 0.15) is 31.2 Å². The zero-order chi connectivity index (χ0) is 26.2. The maximum Gasteiger partial charge on any atom is 0.412 e. The largest absolute Gasteiger partial charge is 0.444 e. The van der Waals surface area contributed by atoms with Crippen molar-refractivity contribution in [3.63, 3.8) is 0 Å². The number of rotatable bonds is 6. The van der Waals surface area contributed by atoms with Gasteiger partial charge in [-0.05, 0) is 54.3 Å². The zero-order valence-electron chi connectivity index (χ0n) is 19.8. The van der Waals surface area contributed by atoms with E-state index >= 15 is 0 Å². The van der Waals surface area contributed by atoms with Crippen LogP contribution in [0.4, 0.5) is 10.5 Å². The quantitative estimate of drug-likeness (QED) is 0.306. The van der Waals surface area contributed by atoms with Gasteiger partial charge in [-0.2, -0.15) is 4.31 Å². The van der Waals surface area contributed by atoms with Gasteiger partial charge < -0.3 is 4.74 Å². The molecule has 1 heterocycles. The van der Waals surface area contributed by atoms with Gasteiger partial charge in [-0.3, -0.25) is 15.3 Å². The van der Waals surface area contributed by atoms with Gasteiger partial charge >= 0.3 is 6.09 Å². The Labute approximate surface area is 219 Å². The smallest absolute Gasteiger partial charge is 0.412 e. The molecule has 2 amide bonds. The fourth-order valence-corrected chi connectivity index (χ4v) is 7.60. The van der Waals surface area contributed by atoms with Crippen molar-refractivity contribution in [2.75, 3.05) is 5.32 Å². The van der Waals surface area contributed by atoms with E-state index in [-0.39, 0.29) is 28.5 Å². The Balaban J connectivity index is 1.38. The maximum absolute atomic E-state index is 13.7. The summed E-state index contributed by atoms with van der Waals surface area (Å²) in [5.41, 5.74) is 2.79. The predicted octanol–water partition coefficient (Wildman–Crippen LogP) is 4.68. The Hall–Kier alpha value is -3.18. The molecule has 5 rings (SSSR count). The number of carbonyl (C=O) groups excluding carboxylic acids is 2. The number of carbonyl (C=O) groups is 2. The van der Waals surface area contributed by atoms with E-state index in [1.807, 2.05) is 30.3 Å². The molecule has 194 valence electrons. The van der Waals surface area contributed by atoms with E-state index in [0.29, 0.717) is 29.3 Å². The van der Waals surface area contributed by atoms with Crippen LogP contribution in [0, 0.1) is 5.92 Å². The third kappa shape index (κ3) is 4.89.